The molecule has 2 aromatic rings. The Hall–Kier alpha value is -2.37. The molecule has 2 N–H and O–H groups in total. The van der Waals surface area contributed by atoms with Crippen LogP contribution in [0.4, 0.5) is 6.01 Å². The maximum atomic E-state index is 10.3. The fraction of sp³-hybridized carbons (Fsp3) is 0.308. The van der Waals surface area contributed by atoms with Crippen LogP contribution in [0.15, 0.2) is 28.8 Å². The molecule has 6 nitrogen and oxygen atoms in total. The lowest BCUT2D eigenvalue weighted by atomic mass is 10.1. The Morgan fingerprint density at radius 1 is 1.37 bits per heavy atom. The van der Waals surface area contributed by atoms with Gasteiger partial charge in [-0.2, -0.15) is 4.98 Å². The quantitative estimate of drug-likeness (QED) is 0.776. The van der Waals surface area contributed by atoms with Crippen molar-refractivity contribution in [3.63, 3.8) is 0 Å². The van der Waals surface area contributed by atoms with Crippen LogP contribution in [-0.4, -0.2) is 27.8 Å². The van der Waals surface area contributed by atoms with Crippen molar-refractivity contribution >= 4 is 12.0 Å². The minimum atomic E-state index is -0.812. The van der Waals surface area contributed by atoms with Gasteiger partial charge in [-0.25, -0.2) is 0 Å². The van der Waals surface area contributed by atoms with Gasteiger partial charge in [0.15, 0.2) is 0 Å². The Bertz CT molecular complexity index is 549. The highest BCUT2D eigenvalue weighted by atomic mass is 16.5. The van der Waals surface area contributed by atoms with Crippen LogP contribution in [0, 0.1) is 6.92 Å². The first-order chi connectivity index (χ1) is 9.15. The highest BCUT2D eigenvalue weighted by molar-refractivity contribution is 5.66. The number of nitrogens with one attached hydrogen (secondary N) is 1. The van der Waals surface area contributed by atoms with Crippen LogP contribution < -0.4 is 5.32 Å². The van der Waals surface area contributed by atoms with E-state index in [1.165, 1.54) is 5.56 Å². The molecule has 19 heavy (non-hydrogen) atoms. The van der Waals surface area contributed by atoms with E-state index in [-0.39, 0.29) is 6.42 Å². The summed E-state index contributed by atoms with van der Waals surface area (Å²) in [4.78, 5) is 14.5. The van der Waals surface area contributed by atoms with Crippen LogP contribution in [0.3, 0.4) is 0 Å². The van der Waals surface area contributed by atoms with Crippen molar-refractivity contribution in [2.75, 3.05) is 11.9 Å². The molecule has 1 heterocycles. The molecule has 0 unspecified atom stereocenters. The Kier molecular flexibility index (Phi) is 4.12. The van der Waals surface area contributed by atoms with Gasteiger partial charge >= 0.3 is 12.0 Å². The van der Waals surface area contributed by atoms with Crippen molar-refractivity contribution < 1.29 is 14.4 Å². The Morgan fingerprint density at radius 3 is 2.79 bits per heavy atom. The van der Waals surface area contributed by atoms with Crippen molar-refractivity contribution in [1.82, 2.24) is 10.1 Å². The van der Waals surface area contributed by atoms with Gasteiger partial charge in [0, 0.05) is 18.5 Å². The number of aliphatic carboxylic acids is 1. The number of anilines is 1. The van der Waals surface area contributed by atoms with Crippen molar-refractivity contribution in [3.8, 4) is 11.4 Å². The molecule has 0 radical (unpaired) electrons. The molecule has 100 valence electrons. The number of carbonyl (C=O) groups is 1. The average molecular weight is 261 g/mol. The van der Waals surface area contributed by atoms with E-state index in [1.807, 2.05) is 31.2 Å². The number of aryl methyl sites for hydroxylation is 1. The normalized spacial score (nSPS) is 10.4. The minimum absolute atomic E-state index is 0.117. The van der Waals surface area contributed by atoms with E-state index in [4.69, 9.17) is 9.63 Å². The second kappa shape index (κ2) is 5.99. The smallest absolute Gasteiger partial charge is 0.321 e. The molecule has 0 saturated heterocycles. The molecule has 1 aromatic carbocycles. The maximum Gasteiger partial charge on any atom is 0.321 e. The summed E-state index contributed by atoms with van der Waals surface area (Å²) >= 11 is 0. The summed E-state index contributed by atoms with van der Waals surface area (Å²) in [7, 11) is 0. The summed E-state index contributed by atoms with van der Waals surface area (Å²) in [6.07, 6.45) is 0.629. The van der Waals surface area contributed by atoms with Crippen LogP contribution >= 0.6 is 0 Å². The van der Waals surface area contributed by atoms with E-state index < -0.39 is 5.97 Å². The molecule has 0 amide bonds. The molecule has 0 aliphatic heterocycles. The van der Waals surface area contributed by atoms with E-state index in [0.29, 0.717) is 24.8 Å². The topological polar surface area (TPSA) is 88.2 Å². The van der Waals surface area contributed by atoms with Crippen LogP contribution in [0.25, 0.3) is 11.4 Å². The molecule has 0 fully saturated rings. The van der Waals surface area contributed by atoms with Crippen molar-refractivity contribution in [2.24, 2.45) is 0 Å². The van der Waals surface area contributed by atoms with E-state index >= 15 is 0 Å². The van der Waals surface area contributed by atoms with Gasteiger partial charge in [-0.15, -0.1) is 0 Å². The second-order valence-electron chi connectivity index (χ2n) is 4.21. The standard InChI is InChI=1S/C13H15N3O3/c1-9-4-6-10(7-5-9)12-15-13(19-16-12)14-8-2-3-11(17)18/h4-7H,2-3,8H2,1H3,(H,17,18)(H,14,15,16). The first-order valence-corrected chi connectivity index (χ1v) is 6.01. The molecular weight excluding hydrogens is 246 g/mol. The van der Waals surface area contributed by atoms with Gasteiger partial charge in [-0.1, -0.05) is 35.0 Å². The predicted octanol–water partition coefficient (Wildman–Crippen LogP) is 2.32. The third kappa shape index (κ3) is 3.80. The maximum absolute atomic E-state index is 10.3. The van der Waals surface area contributed by atoms with Crippen molar-refractivity contribution in [2.45, 2.75) is 19.8 Å². The first-order valence-electron chi connectivity index (χ1n) is 6.01. The van der Waals surface area contributed by atoms with Gasteiger partial charge in [0.1, 0.15) is 0 Å². The number of benzene rings is 1. The number of carboxylic acid groups (broad SMARTS) is 1. The van der Waals surface area contributed by atoms with Crippen molar-refractivity contribution in [3.05, 3.63) is 29.8 Å². The number of rotatable bonds is 6. The molecule has 0 atom stereocenters. The van der Waals surface area contributed by atoms with E-state index in [1.54, 1.807) is 0 Å². The zero-order valence-corrected chi connectivity index (χ0v) is 10.6. The summed E-state index contributed by atoms with van der Waals surface area (Å²) in [5, 5.41) is 15.3. The van der Waals surface area contributed by atoms with Gasteiger partial charge in [-0.3, -0.25) is 4.79 Å². The third-order valence-electron chi connectivity index (χ3n) is 2.58. The molecule has 0 aliphatic rings. The Balaban J connectivity index is 1.91. The molecule has 0 bridgehead atoms. The van der Waals surface area contributed by atoms with Gasteiger partial charge in [-0.05, 0) is 13.3 Å². The van der Waals surface area contributed by atoms with Crippen LogP contribution in [0.5, 0.6) is 0 Å². The summed E-state index contributed by atoms with van der Waals surface area (Å²) in [5.74, 6) is -0.298. The minimum Gasteiger partial charge on any atom is -0.481 e. The van der Waals surface area contributed by atoms with Crippen LogP contribution in [0.1, 0.15) is 18.4 Å². The summed E-state index contributed by atoms with van der Waals surface area (Å²) in [6.45, 7) is 2.50. The zero-order valence-electron chi connectivity index (χ0n) is 10.6. The molecule has 6 heteroatoms. The highest BCUT2D eigenvalue weighted by Gasteiger charge is 2.07. The van der Waals surface area contributed by atoms with Crippen LogP contribution in [-0.2, 0) is 4.79 Å². The molecule has 2 rings (SSSR count). The molecular formula is C13H15N3O3. The fourth-order valence-corrected chi connectivity index (χ4v) is 1.55. The first kappa shape index (κ1) is 13.1. The number of hydrogen-bond donors (Lipinski definition) is 2. The average Bonchev–Trinajstić information content (AvgIpc) is 2.84. The lowest BCUT2D eigenvalue weighted by Gasteiger charge is -1.97. The fourth-order valence-electron chi connectivity index (χ4n) is 1.55. The van der Waals surface area contributed by atoms with Gasteiger partial charge < -0.3 is 14.9 Å². The zero-order chi connectivity index (χ0) is 13.7. The summed E-state index contributed by atoms with van der Waals surface area (Å²) in [5.41, 5.74) is 2.05. The number of carboxylic acids is 1. The second-order valence-corrected chi connectivity index (χ2v) is 4.21. The Labute approximate surface area is 110 Å². The number of hydrogen-bond acceptors (Lipinski definition) is 5. The van der Waals surface area contributed by atoms with E-state index in [9.17, 15) is 4.79 Å². The SMILES string of the molecule is Cc1ccc(-c2noc(NCCCC(=O)O)n2)cc1. The molecule has 0 spiro atoms. The molecule has 1 aromatic heterocycles. The van der Waals surface area contributed by atoms with Gasteiger partial charge in [0.25, 0.3) is 0 Å². The largest absolute Gasteiger partial charge is 0.481 e. The number of aromatic nitrogens is 2. The number of nitrogens with zero attached hydrogens (tertiary/aromatic N) is 2. The third-order valence-corrected chi connectivity index (χ3v) is 2.58. The summed E-state index contributed by atoms with van der Waals surface area (Å²) < 4.78 is 5.04. The van der Waals surface area contributed by atoms with Gasteiger partial charge in [0.05, 0.1) is 0 Å². The predicted molar refractivity (Wildman–Crippen MR) is 69.8 cm³/mol. The van der Waals surface area contributed by atoms with E-state index in [2.05, 4.69) is 15.5 Å². The Morgan fingerprint density at radius 2 is 2.11 bits per heavy atom. The lowest BCUT2D eigenvalue weighted by Crippen LogP contribution is -2.04. The van der Waals surface area contributed by atoms with E-state index in [0.717, 1.165) is 5.56 Å². The van der Waals surface area contributed by atoms with Gasteiger partial charge in [0.2, 0.25) is 5.82 Å². The lowest BCUT2D eigenvalue weighted by molar-refractivity contribution is -0.137. The monoisotopic (exact) mass is 261 g/mol. The van der Waals surface area contributed by atoms with Crippen molar-refractivity contribution in [1.29, 1.82) is 0 Å². The molecule has 0 saturated carbocycles. The summed E-state index contributed by atoms with van der Waals surface area (Å²) in [6, 6.07) is 8.11. The van der Waals surface area contributed by atoms with Crippen LogP contribution in [0.2, 0.25) is 0 Å². The molecule has 0 aliphatic carbocycles. The highest BCUT2D eigenvalue weighted by Crippen LogP contribution is 2.17.